The van der Waals surface area contributed by atoms with Gasteiger partial charge in [0.15, 0.2) is 5.96 Å². The van der Waals surface area contributed by atoms with Crippen LogP contribution in [0.25, 0.3) is 0 Å². The fourth-order valence-electron chi connectivity index (χ4n) is 2.93. The number of guanidine groups is 1. The molecule has 1 aliphatic rings. The lowest BCUT2D eigenvalue weighted by molar-refractivity contribution is 0.310. The lowest BCUT2D eigenvalue weighted by Crippen LogP contribution is -2.44. The number of thiophene rings is 1. The molecule has 4 nitrogen and oxygen atoms in total. The van der Waals surface area contributed by atoms with E-state index in [1.807, 2.05) is 11.3 Å². The van der Waals surface area contributed by atoms with Crippen molar-refractivity contribution < 1.29 is 0 Å². The monoisotopic (exact) mass is 322 g/mol. The molecular weight excluding hydrogens is 292 g/mol. The summed E-state index contributed by atoms with van der Waals surface area (Å²) in [5, 5.41) is 9.15. The van der Waals surface area contributed by atoms with Gasteiger partial charge in [0, 0.05) is 17.5 Å². The molecule has 1 unspecified atom stereocenters. The summed E-state index contributed by atoms with van der Waals surface area (Å²) >= 11 is 1.81. The lowest BCUT2D eigenvalue weighted by atomic mass is 9.96. The first kappa shape index (κ1) is 17.3. The highest BCUT2D eigenvalue weighted by atomic mass is 32.1. The van der Waals surface area contributed by atoms with Gasteiger partial charge in [0.1, 0.15) is 0 Å². The van der Waals surface area contributed by atoms with E-state index in [-0.39, 0.29) is 0 Å². The smallest absolute Gasteiger partial charge is 0.191 e. The quantitative estimate of drug-likeness (QED) is 0.624. The van der Waals surface area contributed by atoms with E-state index >= 15 is 0 Å². The number of hydrogen-bond donors (Lipinski definition) is 2. The van der Waals surface area contributed by atoms with Crippen LogP contribution in [0.1, 0.15) is 49.9 Å². The van der Waals surface area contributed by atoms with Crippen molar-refractivity contribution in [1.82, 2.24) is 15.5 Å². The van der Waals surface area contributed by atoms with Crippen LogP contribution in [0.2, 0.25) is 0 Å². The molecule has 1 atom stereocenters. The zero-order chi connectivity index (χ0) is 15.8. The molecule has 1 aromatic heterocycles. The summed E-state index contributed by atoms with van der Waals surface area (Å²) < 4.78 is 0. The van der Waals surface area contributed by atoms with Crippen molar-refractivity contribution in [2.75, 3.05) is 27.2 Å². The van der Waals surface area contributed by atoms with E-state index < -0.39 is 0 Å². The molecule has 2 N–H and O–H groups in total. The second-order valence-electron chi connectivity index (χ2n) is 6.19. The van der Waals surface area contributed by atoms with Crippen molar-refractivity contribution in [2.45, 2.75) is 51.1 Å². The van der Waals surface area contributed by atoms with Gasteiger partial charge in [0.25, 0.3) is 0 Å². The summed E-state index contributed by atoms with van der Waals surface area (Å²) in [5.41, 5.74) is 0. The average molecular weight is 323 g/mol. The molecule has 0 amide bonds. The third-order valence-electron chi connectivity index (χ3n) is 4.21. The molecule has 124 valence electrons. The molecule has 1 saturated carbocycles. The predicted molar refractivity (Wildman–Crippen MR) is 96.7 cm³/mol. The minimum atomic E-state index is 0.349. The molecule has 1 aromatic rings. The van der Waals surface area contributed by atoms with Gasteiger partial charge < -0.3 is 15.5 Å². The van der Waals surface area contributed by atoms with Crippen LogP contribution >= 0.6 is 11.3 Å². The minimum Gasteiger partial charge on any atom is -0.357 e. The van der Waals surface area contributed by atoms with Gasteiger partial charge >= 0.3 is 0 Å². The molecule has 5 heteroatoms. The van der Waals surface area contributed by atoms with E-state index in [4.69, 9.17) is 4.99 Å². The maximum absolute atomic E-state index is 4.84. The van der Waals surface area contributed by atoms with Crippen molar-refractivity contribution in [3.8, 4) is 0 Å². The third kappa shape index (κ3) is 5.29. The maximum atomic E-state index is 4.84. The van der Waals surface area contributed by atoms with Gasteiger partial charge in [0.05, 0.1) is 12.6 Å². The summed E-state index contributed by atoms with van der Waals surface area (Å²) in [5.74, 6) is 0.970. The first-order valence-electron chi connectivity index (χ1n) is 8.45. The summed E-state index contributed by atoms with van der Waals surface area (Å²) in [6, 6.07) is 5.26. The Labute approximate surface area is 139 Å². The van der Waals surface area contributed by atoms with Crippen LogP contribution in [-0.4, -0.2) is 44.1 Å². The molecule has 0 radical (unpaired) electrons. The second kappa shape index (κ2) is 9.16. The van der Waals surface area contributed by atoms with Gasteiger partial charge in [-0.3, -0.25) is 4.99 Å². The van der Waals surface area contributed by atoms with Crippen molar-refractivity contribution in [3.05, 3.63) is 22.4 Å². The van der Waals surface area contributed by atoms with Gasteiger partial charge in [-0.15, -0.1) is 11.3 Å². The van der Waals surface area contributed by atoms with Crippen molar-refractivity contribution in [1.29, 1.82) is 0 Å². The summed E-state index contributed by atoms with van der Waals surface area (Å²) in [7, 11) is 4.25. The summed E-state index contributed by atoms with van der Waals surface area (Å²) in [4.78, 5) is 8.47. The molecule has 2 rings (SSSR count). The van der Waals surface area contributed by atoms with Crippen molar-refractivity contribution >= 4 is 17.3 Å². The molecule has 1 fully saturated rings. The Kier molecular flexibility index (Phi) is 7.19. The molecule has 0 saturated heterocycles. The molecule has 0 spiro atoms. The Morgan fingerprint density at radius 1 is 1.36 bits per heavy atom. The Morgan fingerprint density at radius 2 is 2.14 bits per heavy atom. The average Bonchev–Trinajstić information content (AvgIpc) is 3.02. The third-order valence-corrected chi connectivity index (χ3v) is 5.18. The van der Waals surface area contributed by atoms with Gasteiger partial charge in [-0.2, -0.15) is 0 Å². The number of nitrogens with zero attached hydrogens (tertiary/aromatic N) is 2. The van der Waals surface area contributed by atoms with Gasteiger partial charge in [-0.1, -0.05) is 25.3 Å². The Morgan fingerprint density at radius 3 is 2.73 bits per heavy atom. The Balaban J connectivity index is 1.98. The highest BCUT2D eigenvalue weighted by molar-refractivity contribution is 7.10. The van der Waals surface area contributed by atoms with Gasteiger partial charge in [0.2, 0.25) is 0 Å². The molecular formula is C17H30N4S. The number of hydrogen-bond acceptors (Lipinski definition) is 3. The number of nitrogens with one attached hydrogen (secondary N) is 2. The van der Waals surface area contributed by atoms with Crippen LogP contribution in [-0.2, 0) is 0 Å². The van der Waals surface area contributed by atoms with E-state index in [2.05, 4.69) is 54.1 Å². The van der Waals surface area contributed by atoms with Gasteiger partial charge in [-0.05, 0) is 45.3 Å². The Bertz CT molecular complexity index is 436. The number of aliphatic imine (C=N–C) groups is 1. The summed E-state index contributed by atoms with van der Waals surface area (Å²) in [6.45, 7) is 3.82. The first-order valence-corrected chi connectivity index (χ1v) is 9.33. The molecule has 0 bridgehead atoms. The topological polar surface area (TPSA) is 39.7 Å². The zero-order valence-electron chi connectivity index (χ0n) is 14.1. The van der Waals surface area contributed by atoms with E-state index in [1.165, 1.54) is 37.0 Å². The van der Waals surface area contributed by atoms with Crippen LogP contribution in [0, 0.1) is 0 Å². The fraction of sp³-hybridized carbons (Fsp3) is 0.706. The van der Waals surface area contributed by atoms with E-state index in [0.29, 0.717) is 12.1 Å². The van der Waals surface area contributed by atoms with E-state index in [0.717, 1.165) is 19.0 Å². The van der Waals surface area contributed by atoms with Crippen LogP contribution < -0.4 is 10.6 Å². The van der Waals surface area contributed by atoms with Crippen molar-refractivity contribution in [3.63, 3.8) is 0 Å². The lowest BCUT2D eigenvalue weighted by Gasteiger charge is -2.26. The zero-order valence-corrected chi connectivity index (χ0v) is 15.0. The molecule has 1 heterocycles. The normalized spacial score (nSPS) is 18.5. The van der Waals surface area contributed by atoms with Crippen molar-refractivity contribution in [2.24, 2.45) is 4.99 Å². The SMILES string of the molecule is CCNC(=NCC(c1cccs1)N(C)C)NC1CCCCC1. The Hall–Kier alpha value is -1.07. The molecule has 0 aromatic carbocycles. The highest BCUT2D eigenvalue weighted by Gasteiger charge is 2.17. The largest absolute Gasteiger partial charge is 0.357 e. The van der Waals surface area contributed by atoms with Crippen LogP contribution in [0.5, 0.6) is 0 Å². The van der Waals surface area contributed by atoms with E-state index in [9.17, 15) is 0 Å². The highest BCUT2D eigenvalue weighted by Crippen LogP contribution is 2.23. The van der Waals surface area contributed by atoms with Crippen LogP contribution in [0.15, 0.2) is 22.5 Å². The van der Waals surface area contributed by atoms with Crippen LogP contribution in [0.3, 0.4) is 0 Å². The fourth-order valence-corrected chi connectivity index (χ4v) is 3.84. The molecule has 0 aliphatic heterocycles. The molecule has 22 heavy (non-hydrogen) atoms. The standard InChI is InChI=1S/C17H30N4S/c1-4-18-17(20-14-9-6-5-7-10-14)19-13-15(21(2)3)16-11-8-12-22-16/h8,11-12,14-15H,4-7,9-10,13H2,1-3H3,(H2,18,19,20). The second-order valence-corrected chi connectivity index (χ2v) is 7.17. The predicted octanol–water partition coefficient (Wildman–Crippen LogP) is 3.24. The number of likely N-dealkylation sites (N-methyl/N-ethyl adjacent to an activating group) is 1. The van der Waals surface area contributed by atoms with E-state index in [1.54, 1.807) is 0 Å². The minimum absolute atomic E-state index is 0.349. The number of rotatable bonds is 6. The first-order chi connectivity index (χ1) is 10.7. The molecule has 1 aliphatic carbocycles. The van der Waals surface area contributed by atoms with Crippen LogP contribution in [0.4, 0.5) is 0 Å². The van der Waals surface area contributed by atoms with Gasteiger partial charge in [-0.25, -0.2) is 0 Å². The summed E-state index contributed by atoms with van der Waals surface area (Å²) in [6.07, 6.45) is 6.60. The maximum Gasteiger partial charge on any atom is 0.191 e.